The second-order valence-electron chi connectivity index (χ2n) is 8.57. The number of aliphatic carboxylic acids is 1. The minimum Gasteiger partial charge on any atom is -0.480 e. The fraction of sp³-hybridized carbons (Fsp3) is 0.600. The second-order valence-corrected chi connectivity index (χ2v) is 8.57. The zero-order valence-corrected chi connectivity index (χ0v) is 15.3. The molecule has 2 fully saturated rings. The molecule has 1 spiro atoms. The van der Waals surface area contributed by atoms with Gasteiger partial charge in [-0.1, -0.05) is 32.9 Å². The zero-order valence-electron chi connectivity index (χ0n) is 15.3. The Labute approximate surface area is 149 Å². The van der Waals surface area contributed by atoms with Crippen molar-refractivity contribution in [1.29, 1.82) is 0 Å². The number of hydrogen-bond donors (Lipinski definition) is 2. The molecule has 2 aliphatic rings. The molecule has 3 rings (SSSR count). The third-order valence-electron chi connectivity index (χ3n) is 5.72. The number of carbonyl (C=O) groups excluding carboxylic acids is 1. The molecule has 1 atom stereocenters. The lowest BCUT2D eigenvalue weighted by Crippen LogP contribution is -2.42. The van der Waals surface area contributed by atoms with Crippen LogP contribution in [0.1, 0.15) is 56.0 Å². The lowest BCUT2D eigenvalue weighted by Gasteiger charge is -2.33. The number of nitrogens with zero attached hydrogens (tertiary/aromatic N) is 1. The van der Waals surface area contributed by atoms with E-state index in [1.165, 1.54) is 0 Å². The normalized spacial score (nSPS) is 23.0. The minimum absolute atomic E-state index is 0.0258. The van der Waals surface area contributed by atoms with Crippen LogP contribution in [0.2, 0.25) is 0 Å². The van der Waals surface area contributed by atoms with Crippen LogP contribution < -0.4 is 5.32 Å². The van der Waals surface area contributed by atoms with E-state index >= 15 is 0 Å². The molecule has 0 bridgehead atoms. The van der Waals surface area contributed by atoms with Gasteiger partial charge in [-0.05, 0) is 60.9 Å². The Balaban J connectivity index is 1.83. The molecule has 5 heteroatoms. The van der Waals surface area contributed by atoms with E-state index in [9.17, 15) is 14.7 Å². The number of rotatable bonds is 2. The van der Waals surface area contributed by atoms with E-state index in [2.05, 4.69) is 26.1 Å². The van der Waals surface area contributed by atoms with Crippen molar-refractivity contribution in [3.8, 4) is 0 Å². The van der Waals surface area contributed by atoms with E-state index in [4.69, 9.17) is 0 Å². The summed E-state index contributed by atoms with van der Waals surface area (Å²) in [7, 11) is 0. The maximum absolute atomic E-state index is 13.0. The predicted molar refractivity (Wildman–Crippen MR) is 96.8 cm³/mol. The summed E-state index contributed by atoms with van der Waals surface area (Å²) in [6.45, 7) is 8.73. The van der Waals surface area contributed by atoms with E-state index in [1.807, 2.05) is 24.3 Å². The molecular formula is C20H28N2O3. The Bertz CT molecular complexity index is 655. The van der Waals surface area contributed by atoms with Crippen LogP contribution in [0.3, 0.4) is 0 Å². The highest BCUT2D eigenvalue weighted by Gasteiger charge is 2.49. The summed E-state index contributed by atoms with van der Waals surface area (Å²) in [5, 5.41) is 13.0. The van der Waals surface area contributed by atoms with Crippen molar-refractivity contribution in [1.82, 2.24) is 10.2 Å². The summed E-state index contributed by atoms with van der Waals surface area (Å²) in [6.07, 6.45) is 2.43. The van der Waals surface area contributed by atoms with Crippen LogP contribution in [0, 0.1) is 5.41 Å². The van der Waals surface area contributed by atoms with Crippen molar-refractivity contribution in [3.63, 3.8) is 0 Å². The van der Waals surface area contributed by atoms with Crippen molar-refractivity contribution >= 4 is 11.9 Å². The molecule has 1 aromatic rings. The topological polar surface area (TPSA) is 69.6 Å². The number of benzene rings is 1. The Morgan fingerprint density at radius 3 is 2.28 bits per heavy atom. The molecule has 136 valence electrons. The second kappa shape index (κ2) is 6.45. The zero-order chi connectivity index (χ0) is 18.2. The maximum Gasteiger partial charge on any atom is 0.326 e. The highest BCUT2D eigenvalue weighted by molar-refractivity contribution is 5.97. The standard InChI is InChI=1S/C20H28N2O3/c1-19(2,3)15-6-4-14(5-7-15)17(23)22-13-20(8-10-21-11-9-20)12-16(22)18(24)25/h4-7,16,21H,8-13H2,1-3H3,(H,24,25)/t16-/m0/s1. The highest BCUT2D eigenvalue weighted by Crippen LogP contribution is 2.42. The first-order valence-corrected chi connectivity index (χ1v) is 9.07. The van der Waals surface area contributed by atoms with Gasteiger partial charge in [0.2, 0.25) is 0 Å². The van der Waals surface area contributed by atoms with Gasteiger partial charge in [-0.25, -0.2) is 4.79 Å². The first kappa shape index (κ1) is 17.9. The van der Waals surface area contributed by atoms with Gasteiger partial charge in [0.1, 0.15) is 6.04 Å². The van der Waals surface area contributed by atoms with Crippen molar-refractivity contribution in [2.75, 3.05) is 19.6 Å². The summed E-state index contributed by atoms with van der Waals surface area (Å²) in [6, 6.07) is 6.89. The van der Waals surface area contributed by atoms with E-state index in [1.54, 1.807) is 4.90 Å². The molecule has 2 saturated heterocycles. The van der Waals surface area contributed by atoms with E-state index in [-0.39, 0.29) is 16.7 Å². The number of carbonyl (C=O) groups is 2. The molecular weight excluding hydrogens is 316 g/mol. The van der Waals surface area contributed by atoms with Gasteiger partial charge in [-0.15, -0.1) is 0 Å². The summed E-state index contributed by atoms with van der Waals surface area (Å²) in [4.78, 5) is 26.3. The van der Waals surface area contributed by atoms with Gasteiger partial charge in [-0.3, -0.25) is 4.79 Å². The summed E-state index contributed by atoms with van der Waals surface area (Å²) in [5.74, 6) is -1.06. The maximum atomic E-state index is 13.0. The molecule has 1 amide bonds. The van der Waals surface area contributed by atoms with Gasteiger partial charge in [0.05, 0.1) is 0 Å². The van der Waals surface area contributed by atoms with Crippen LogP contribution in [-0.4, -0.2) is 47.6 Å². The Morgan fingerprint density at radius 1 is 1.16 bits per heavy atom. The van der Waals surface area contributed by atoms with Crippen LogP contribution in [0.4, 0.5) is 0 Å². The molecule has 0 radical (unpaired) electrons. The Kier molecular flexibility index (Phi) is 4.62. The van der Waals surface area contributed by atoms with E-state index in [0.29, 0.717) is 18.5 Å². The summed E-state index contributed by atoms with van der Waals surface area (Å²) >= 11 is 0. The average Bonchev–Trinajstić information content (AvgIpc) is 2.93. The number of piperidine rings is 1. The third kappa shape index (κ3) is 3.56. The largest absolute Gasteiger partial charge is 0.480 e. The average molecular weight is 344 g/mol. The van der Waals surface area contributed by atoms with Crippen molar-refractivity contribution < 1.29 is 14.7 Å². The smallest absolute Gasteiger partial charge is 0.326 e. The van der Waals surface area contributed by atoms with Crippen LogP contribution >= 0.6 is 0 Å². The molecule has 5 nitrogen and oxygen atoms in total. The fourth-order valence-electron chi connectivity index (χ4n) is 4.09. The number of nitrogens with one attached hydrogen (secondary N) is 1. The Hall–Kier alpha value is -1.88. The predicted octanol–water partition coefficient (Wildman–Crippen LogP) is 2.65. The minimum atomic E-state index is -0.893. The number of hydrogen-bond acceptors (Lipinski definition) is 3. The molecule has 2 N–H and O–H groups in total. The summed E-state index contributed by atoms with van der Waals surface area (Å²) in [5.41, 5.74) is 1.72. The summed E-state index contributed by atoms with van der Waals surface area (Å²) < 4.78 is 0. The molecule has 2 aliphatic heterocycles. The molecule has 0 aromatic heterocycles. The molecule has 0 unspecified atom stereocenters. The van der Waals surface area contributed by atoms with Gasteiger partial charge in [-0.2, -0.15) is 0 Å². The van der Waals surface area contributed by atoms with Crippen LogP contribution in [0.5, 0.6) is 0 Å². The van der Waals surface area contributed by atoms with Gasteiger partial charge >= 0.3 is 5.97 Å². The fourth-order valence-corrected chi connectivity index (χ4v) is 4.09. The molecule has 0 aliphatic carbocycles. The van der Waals surface area contributed by atoms with Gasteiger partial charge in [0.15, 0.2) is 0 Å². The molecule has 25 heavy (non-hydrogen) atoms. The first-order chi connectivity index (χ1) is 11.7. The number of likely N-dealkylation sites (tertiary alicyclic amines) is 1. The Morgan fingerprint density at radius 2 is 1.76 bits per heavy atom. The highest BCUT2D eigenvalue weighted by atomic mass is 16.4. The molecule has 0 saturated carbocycles. The van der Waals surface area contributed by atoms with Crippen LogP contribution in [-0.2, 0) is 10.2 Å². The van der Waals surface area contributed by atoms with Crippen LogP contribution in [0.25, 0.3) is 0 Å². The van der Waals surface area contributed by atoms with E-state index in [0.717, 1.165) is 31.5 Å². The third-order valence-corrected chi connectivity index (χ3v) is 5.72. The lowest BCUT2D eigenvalue weighted by molar-refractivity contribution is -0.141. The lowest BCUT2D eigenvalue weighted by atomic mass is 9.77. The number of carboxylic acid groups (broad SMARTS) is 1. The number of carboxylic acids is 1. The molecule has 2 heterocycles. The van der Waals surface area contributed by atoms with Crippen molar-refractivity contribution in [2.45, 2.75) is 51.5 Å². The van der Waals surface area contributed by atoms with Crippen molar-refractivity contribution in [3.05, 3.63) is 35.4 Å². The number of amides is 1. The first-order valence-electron chi connectivity index (χ1n) is 9.07. The monoisotopic (exact) mass is 344 g/mol. The van der Waals surface area contributed by atoms with Gasteiger partial charge < -0.3 is 15.3 Å². The van der Waals surface area contributed by atoms with Gasteiger partial charge in [0, 0.05) is 12.1 Å². The van der Waals surface area contributed by atoms with E-state index < -0.39 is 12.0 Å². The molecule has 1 aromatic carbocycles. The SMILES string of the molecule is CC(C)(C)c1ccc(C(=O)N2CC3(CCNCC3)C[C@H]2C(=O)O)cc1. The van der Waals surface area contributed by atoms with Crippen molar-refractivity contribution in [2.24, 2.45) is 5.41 Å². The van der Waals surface area contributed by atoms with Gasteiger partial charge in [0.25, 0.3) is 5.91 Å². The quantitative estimate of drug-likeness (QED) is 0.865. The van der Waals surface area contributed by atoms with Crippen LogP contribution in [0.15, 0.2) is 24.3 Å².